The van der Waals surface area contributed by atoms with Crippen LogP contribution < -0.4 is 5.32 Å². The Labute approximate surface area is 204 Å². The summed E-state index contributed by atoms with van der Waals surface area (Å²) in [7, 11) is 0. The molecular formula is C29H40N2O3. The molecule has 1 atom stereocenters. The smallest absolute Gasteiger partial charge is 0.225 e. The number of hydrogen-bond donors (Lipinski definition) is 1. The molecule has 34 heavy (non-hydrogen) atoms. The molecule has 2 heterocycles. The SMILES string of the molecule is CC(CC(=O)Nc1cccc(-c2cc3c(o2)CCN(C(=O)C2CCCCC2)C3)c1)CC(C)(C)C. The molecule has 5 nitrogen and oxygen atoms in total. The van der Waals surface area contributed by atoms with Gasteiger partial charge in [-0.1, -0.05) is 59.1 Å². The second-order valence-corrected chi connectivity index (χ2v) is 11.6. The Balaban J connectivity index is 1.39. The van der Waals surface area contributed by atoms with Crippen LogP contribution in [0.3, 0.4) is 0 Å². The van der Waals surface area contributed by atoms with Crippen LogP contribution in [-0.2, 0) is 22.6 Å². The van der Waals surface area contributed by atoms with Crippen molar-refractivity contribution in [2.75, 3.05) is 11.9 Å². The van der Waals surface area contributed by atoms with Crippen LogP contribution in [0.25, 0.3) is 11.3 Å². The average molecular weight is 465 g/mol. The maximum absolute atomic E-state index is 13.0. The Kier molecular flexibility index (Phi) is 7.49. The van der Waals surface area contributed by atoms with Crippen molar-refractivity contribution in [1.29, 1.82) is 0 Å². The molecule has 0 bridgehead atoms. The maximum atomic E-state index is 13.0. The van der Waals surface area contributed by atoms with Crippen molar-refractivity contribution in [2.45, 2.75) is 85.6 Å². The molecule has 1 N–H and O–H groups in total. The minimum Gasteiger partial charge on any atom is -0.461 e. The third-order valence-electron chi connectivity index (χ3n) is 7.06. The number of rotatable bonds is 6. The van der Waals surface area contributed by atoms with Gasteiger partial charge in [0, 0.05) is 48.7 Å². The molecule has 5 heteroatoms. The fourth-order valence-corrected chi connectivity index (χ4v) is 5.67. The van der Waals surface area contributed by atoms with Crippen molar-refractivity contribution in [2.24, 2.45) is 17.3 Å². The van der Waals surface area contributed by atoms with E-state index in [1.807, 2.05) is 29.2 Å². The lowest BCUT2D eigenvalue weighted by molar-refractivity contribution is -0.137. The van der Waals surface area contributed by atoms with E-state index < -0.39 is 0 Å². The molecule has 2 amide bonds. The minimum atomic E-state index is 0.0458. The van der Waals surface area contributed by atoms with E-state index in [0.29, 0.717) is 24.8 Å². The highest BCUT2D eigenvalue weighted by atomic mass is 16.3. The molecule has 0 radical (unpaired) electrons. The van der Waals surface area contributed by atoms with Gasteiger partial charge >= 0.3 is 0 Å². The van der Waals surface area contributed by atoms with Crippen molar-refractivity contribution in [1.82, 2.24) is 4.90 Å². The first-order valence-electron chi connectivity index (χ1n) is 13.0. The van der Waals surface area contributed by atoms with Crippen LogP contribution in [0.2, 0.25) is 0 Å². The minimum absolute atomic E-state index is 0.0458. The highest BCUT2D eigenvalue weighted by Gasteiger charge is 2.30. The average Bonchev–Trinajstić information content (AvgIpc) is 3.21. The highest BCUT2D eigenvalue weighted by molar-refractivity contribution is 5.91. The second kappa shape index (κ2) is 10.4. The summed E-state index contributed by atoms with van der Waals surface area (Å²) in [4.78, 5) is 27.6. The lowest BCUT2D eigenvalue weighted by Crippen LogP contribution is -2.40. The van der Waals surface area contributed by atoms with Crippen molar-refractivity contribution in [3.05, 3.63) is 41.7 Å². The quantitative estimate of drug-likeness (QED) is 0.511. The third kappa shape index (κ3) is 6.31. The van der Waals surface area contributed by atoms with Gasteiger partial charge in [0.2, 0.25) is 11.8 Å². The lowest BCUT2D eigenvalue weighted by atomic mass is 9.84. The zero-order valence-corrected chi connectivity index (χ0v) is 21.3. The Hall–Kier alpha value is -2.56. The number of benzene rings is 1. The fraction of sp³-hybridized carbons (Fsp3) is 0.586. The largest absolute Gasteiger partial charge is 0.461 e. The molecule has 1 aromatic heterocycles. The van der Waals surface area contributed by atoms with Gasteiger partial charge in [0.15, 0.2) is 0 Å². The first kappa shape index (κ1) is 24.6. The third-order valence-corrected chi connectivity index (χ3v) is 7.06. The van der Waals surface area contributed by atoms with E-state index in [0.717, 1.165) is 60.6 Å². The number of hydrogen-bond acceptors (Lipinski definition) is 3. The van der Waals surface area contributed by atoms with E-state index in [-0.39, 0.29) is 17.2 Å². The summed E-state index contributed by atoms with van der Waals surface area (Å²) in [6, 6.07) is 9.92. The lowest BCUT2D eigenvalue weighted by Gasteiger charge is -2.31. The van der Waals surface area contributed by atoms with Crippen LogP contribution in [0, 0.1) is 17.3 Å². The van der Waals surface area contributed by atoms with Gasteiger partial charge in [0.25, 0.3) is 0 Å². The molecule has 184 valence electrons. The Bertz CT molecular complexity index is 1010. The normalized spacial score (nSPS) is 17.8. The summed E-state index contributed by atoms with van der Waals surface area (Å²) in [6.07, 6.45) is 7.96. The Morgan fingerprint density at radius 1 is 1.15 bits per heavy atom. The van der Waals surface area contributed by atoms with Gasteiger partial charge in [0.05, 0.1) is 0 Å². The van der Waals surface area contributed by atoms with Crippen molar-refractivity contribution >= 4 is 17.5 Å². The Morgan fingerprint density at radius 2 is 1.91 bits per heavy atom. The molecule has 0 spiro atoms. The van der Waals surface area contributed by atoms with Crippen LogP contribution >= 0.6 is 0 Å². The first-order valence-corrected chi connectivity index (χ1v) is 13.0. The predicted molar refractivity (Wildman–Crippen MR) is 136 cm³/mol. The van der Waals surface area contributed by atoms with Gasteiger partial charge in [-0.05, 0) is 48.8 Å². The van der Waals surface area contributed by atoms with Gasteiger partial charge in [-0.3, -0.25) is 9.59 Å². The Morgan fingerprint density at radius 3 is 2.65 bits per heavy atom. The van der Waals surface area contributed by atoms with Crippen LogP contribution in [0.15, 0.2) is 34.7 Å². The van der Waals surface area contributed by atoms with Gasteiger partial charge in [-0.15, -0.1) is 0 Å². The number of nitrogens with zero attached hydrogens (tertiary/aromatic N) is 1. The topological polar surface area (TPSA) is 62.6 Å². The zero-order chi connectivity index (χ0) is 24.3. The molecule has 1 fully saturated rings. The van der Waals surface area contributed by atoms with Crippen LogP contribution in [0.4, 0.5) is 5.69 Å². The summed E-state index contributed by atoms with van der Waals surface area (Å²) in [5, 5.41) is 3.06. The van der Waals surface area contributed by atoms with Crippen LogP contribution in [0.5, 0.6) is 0 Å². The molecule has 2 aromatic rings. The number of furan rings is 1. The molecule has 1 saturated carbocycles. The van der Waals surface area contributed by atoms with E-state index in [9.17, 15) is 9.59 Å². The van der Waals surface area contributed by atoms with E-state index in [1.165, 1.54) is 19.3 Å². The molecule has 1 unspecified atom stereocenters. The number of amides is 2. The maximum Gasteiger partial charge on any atom is 0.225 e. The van der Waals surface area contributed by atoms with E-state index in [2.05, 4.69) is 39.1 Å². The number of anilines is 1. The summed E-state index contributed by atoms with van der Waals surface area (Å²) in [6.45, 7) is 10.1. The van der Waals surface area contributed by atoms with Crippen LogP contribution in [0.1, 0.15) is 84.0 Å². The summed E-state index contributed by atoms with van der Waals surface area (Å²) < 4.78 is 6.19. The number of nitrogens with one attached hydrogen (secondary N) is 1. The summed E-state index contributed by atoms with van der Waals surface area (Å²) >= 11 is 0. The van der Waals surface area contributed by atoms with E-state index in [4.69, 9.17) is 4.42 Å². The molecule has 2 aliphatic rings. The fourth-order valence-electron chi connectivity index (χ4n) is 5.67. The zero-order valence-electron chi connectivity index (χ0n) is 21.3. The predicted octanol–water partition coefficient (Wildman–Crippen LogP) is 6.81. The monoisotopic (exact) mass is 464 g/mol. The standard InChI is InChI=1S/C29H40N2O3/c1-20(18-29(2,3)4)15-27(32)30-24-12-8-11-22(16-24)26-17-23-19-31(14-13-25(23)34-26)28(33)21-9-6-5-7-10-21/h8,11-12,16-17,20-21H,5-7,9-10,13-15,18-19H2,1-4H3,(H,30,32). The molecule has 0 saturated heterocycles. The van der Waals surface area contributed by atoms with Gasteiger partial charge in [-0.2, -0.15) is 0 Å². The van der Waals surface area contributed by atoms with E-state index in [1.54, 1.807) is 0 Å². The molecule has 1 aromatic carbocycles. The number of carbonyl (C=O) groups is 2. The summed E-state index contributed by atoms with van der Waals surface area (Å²) in [5.41, 5.74) is 3.05. The number of carbonyl (C=O) groups excluding carboxylic acids is 2. The molecule has 1 aliphatic heterocycles. The van der Waals surface area contributed by atoms with Crippen LogP contribution in [-0.4, -0.2) is 23.3 Å². The molecule has 4 rings (SSSR count). The highest BCUT2D eigenvalue weighted by Crippen LogP contribution is 2.33. The molecule has 1 aliphatic carbocycles. The van der Waals surface area contributed by atoms with Gasteiger partial charge in [-0.25, -0.2) is 0 Å². The van der Waals surface area contributed by atoms with Gasteiger partial charge in [0.1, 0.15) is 11.5 Å². The van der Waals surface area contributed by atoms with Crippen molar-refractivity contribution in [3.63, 3.8) is 0 Å². The molecular weight excluding hydrogens is 424 g/mol. The number of fused-ring (bicyclic) bond motifs is 1. The van der Waals surface area contributed by atoms with Crippen molar-refractivity contribution in [3.8, 4) is 11.3 Å². The first-order chi connectivity index (χ1) is 16.2. The summed E-state index contributed by atoms with van der Waals surface area (Å²) in [5.74, 6) is 2.68. The van der Waals surface area contributed by atoms with Gasteiger partial charge < -0.3 is 14.6 Å². The van der Waals surface area contributed by atoms with E-state index >= 15 is 0 Å². The van der Waals surface area contributed by atoms with Crippen molar-refractivity contribution < 1.29 is 14.0 Å². The second-order valence-electron chi connectivity index (χ2n) is 11.6.